The third-order valence-corrected chi connectivity index (χ3v) is 2.92. The minimum absolute atomic E-state index is 0.489. The Morgan fingerprint density at radius 1 is 1.50 bits per heavy atom. The number of rotatable bonds is 6. The van der Waals surface area contributed by atoms with Crippen LogP contribution in [-0.2, 0) is 4.79 Å². The van der Waals surface area contributed by atoms with E-state index >= 15 is 0 Å². The third-order valence-electron chi connectivity index (χ3n) is 2.62. The molecule has 0 bridgehead atoms. The minimum Gasteiger partial charge on any atom is -0.495 e. The zero-order valence-electron chi connectivity index (χ0n) is 10.6. The Bertz CT molecular complexity index is 452. The second-order valence-corrected chi connectivity index (χ2v) is 4.37. The van der Waals surface area contributed by atoms with Crippen LogP contribution in [-0.4, -0.2) is 18.2 Å². The van der Waals surface area contributed by atoms with E-state index in [2.05, 4.69) is 6.92 Å². The molecule has 0 saturated carbocycles. The van der Waals surface area contributed by atoms with Crippen molar-refractivity contribution in [1.29, 1.82) is 0 Å². The maximum Gasteiger partial charge on any atom is 0.328 e. The smallest absolute Gasteiger partial charge is 0.328 e. The van der Waals surface area contributed by atoms with E-state index in [9.17, 15) is 4.79 Å². The Morgan fingerprint density at radius 3 is 2.72 bits per heavy atom. The lowest BCUT2D eigenvalue weighted by Gasteiger charge is -2.09. The predicted molar refractivity (Wildman–Crippen MR) is 73.1 cm³/mol. The van der Waals surface area contributed by atoms with Gasteiger partial charge in [-0.05, 0) is 36.1 Å². The van der Waals surface area contributed by atoms with E-state index in [0.717, 1.165) is 30.4 Å². The predicted octanol–water partition coefficient (Wildman–Crippen LogP) is 4.01. The molecule has 0 aliphatic rings. The fraction of sp³-hybridized carbons (Fsp3) is 0.357. The number of benzene rings is 1. The van der Waals surface area contributed by atoms with E-state index in [1.165, 1.54) is 6.08 Å². The summed E-state index contributed by atoms with van der Waals surface area (Å²) in [5, 5.41) is 9.37. The third kappa shape index (κ3) is 4.08. The highest BCUT2D eigenvalue weighted by molar-refractivity contribution is 6.32. The normalized spacial score (nSPS) is 11.4. The van der Waals surface area contributed by atoms with E-state index in [1.54, 1.807) is 19.2 Å². The van der Waals surface area contributed by atoms with Crippen molar-refractivity contribution < 1.29 is 14.6 Å². The lowest BCUT2D eigenvalue weighted by Crippen LogP contribution is -1.94. The zero-order chi connectivity index (χ0) is 13.5. The Labute approximate surface area is 112 Å². The molecule has 98 valence electrons. The molecule has 3 nitrogen and oxygen atoms in total. The number of hydrogen-bond acceptors (Lipinski definition) is 2. The highest BCUT2D eigenvalue weighted by Crippen LogP contribution is 2.29. The molecule has 0 unspecified atom stereocenters. The summed E-state index contributed by atoms with van der Waals surface area (Å²) in [6, 6.07) is 5.32. The summed E-state index contributed by atoms with van der Waals surface area (Å²) in [6.07, 6.45) is 3.93. The minimum atomic E-state index is -0.937. The molecule has 0 saturated heterocycles. The van der Waals surface area contributed by atoms with Crippen molar-refractivity contribution in [1.82, 2.24) is 0 Å². The van der Waals surface area contributed by atoms with E-state index in [-0.39, 0.29) is 0 Å². The number of hydrogen-bond donors (Lipinski definition) is 1. The summed E-state index contributed by atoms with van der Waals surface area (Å²) in [4.78, 5) is 10.8. The van der Waals surface area contributed by atoms with Gasteiger partial charge in [0.1, 0.15) is 5.75 Å². The van der Waals surface area contributed by atoms with Gasteiger partial charge in [-0.3, -0.25) is 0 Å². The van der Waals surface area contributed by atoms with Crippen LogP contribution in [0.3, 0.4) is 0 Å². The number of aliphatic carboxylic acids is 1. The average molecular weight is 269 g/mol. The number of unbranched alkanes of at least 4 members (excludes halogenated alkanes) is 1. The highest BCUT2D eigenvalue weighted by Gasteiger charge is 2.07. The fourth-order valence-electron chi connectivity index (χ4n) is 1.68. The van der Waals surface area contributed by atoms with Crippen molar-refractivity contribution >= 4 is 23.1 Å². The summed E-state index contributed by atoms with van der Waals surface area (Å²) in [6.45, 7) is 2.07. The Kier molecular flexibility index (Phi) is 5.72. The molecule has 0 spiro atoms. The van der Waals surface area contributed by atoms with Gasteiger partial charge in [0, 0.05) is 6.08 Å². The van der Waals surface area contributed by atoms with Gasteiger partial charge in [0.25, 0.3) is 0 Å². The van der Waals surface area contributed by atoms with Crippen LogP contribution in [0.2, 0.25) is 5.02 Å². The second-order valence-electron chi connectivity index (χ2n) is 3.96. The van der Waals surface area contributed by atoms with Crippen LogP contribution < -0.4 is 4.74 Å². The van der Waals surface area contributed by atoms with Gasteiger partial charge in [0.05, 0.1) is 12.1 Å². The van der Waals surface area contributed by atoms with Gasteiger partial charge in [-0.2, -0.15) is 0 Å². The van der Waals surface area contributed by atoms with Gasteiger partial charge in [0.15, 0.2) is 0 Å². The molecule has 4 heteroatoms. The number of carboxylic acid groups (broad SMARTS) is 1. The first-order valence-corrected chi connectivity index (χ1v) is 6.23. The first-order chi connectivity index (χ1) is 8.58. The zero-order valence-corrected chi connectivity index (χ0v) is 11.3. The van der Waals surface area contributed by atoms with Crippen LogP contribution in [0.4, 0.5) is 0 Å². The monoisotopic (exact) mass is 268 g/mol. The van der Waals surface area contributed by atoms with E-state index in [4.69, 9.17) is 21.4 Å². The molecular formula is C14H17ClO3. The van der Waals surface area contributed by atoms with Crippen molar-refractivity contribution in [3.63, 3.8) is 0 Å². The van der Waals surface area contributed by atoms with Crippen molar-refractivity contribution in [2.75, 3.05) is 7.11 Å². The molecule has 0 radical (unpaired) electrons. The van der Waals surface area contributed by atoms with Crippen LogP contribution >= 0.6 is 11.6 Å². The lowest BCUT2D eigenvalue weighted by atomic mass is 10.00. The molecular weight excluding hydrogens is 252 g/mol. The molecule has 18 heavy (non-hydrogen) atoms. The summed E-state index contributed by atoms with van der Waals surface area (Å²) in [7, 11) is 1.55. The number of carbonyl (C=O) groups is 1. The maximum atomic E-state index is 10.8. The summed E-state index contributed by atoms with van der Waals surface area (Å²) >= 11 is 6.04. The molecule has 0 amide bonds. The Morgan fingerprint density at radius 2 is 2.22 bits per heavy atom. The van der Waals surface area contributed by atoms with Gasteiger partial charge >= 0.3 is 5.97 Å². The molecule has 0 aliphatic heterocycles. The molecule has 1 rings (SSSR count). The summed E-state index contributed by atoms with van der Waals surface area (Å²) in [5.41, 5.74) is 1.62. The van der Waals surface area contributed by atoms with Crippen LogP contribution in [0.1, 0.15) is 31.7 Å². The molecule has 0 atom stereocenters. The Hall–Kier alpha value is -1.48. The fourth-order valence-corrected chi connectivity index (χ4v) is 1.94. The van der Waals surface area contributed by atoms with Crippen molar-refractivity contribution in [3.8, 4) is 5.75 Å². The van der Waals surface area contributed by atoms with Gasteiger partial charge in [-0.25, -0.2) is 4.79 Å². The number of allylic oxidation sites excluding steroid dienone is 1. The molecule has 0 heterocycles. The lowest BCUT2D eigenvalue weighted by molar-refractivity contribution is -0.131. The first kappa shape index (κ1) is 14.6. The SMILES string of the molecule is CCCC/C(=C\C(=O)O)c1ccc(OC)c(Cl)c1. The van der Waals surface area contributed by atoms with E-state index < -0.39 is 5.97 Å². The van der Waals surface area contributed by atoms with Gasteiger partial charge in [-0.1, -0.05) is 31.0 Å². The first-order valence-electron chi connectivity index (χ1n) is 5.86. The summed E-state index contributed by atoms with van der Waals surface area (Å²) < 4.78 is 5.07. The standard InChI is InChI=1S/C14H17ClO3/c1-3-4-5-10(9-14(16)17)11-6-7-13(18-2)12(15)8-11/h6-9H,3-5H2,1-2H3,(H,16,17)/b10-9+. The van der Waals surface area contributed by atoms with Crippen molar-refractivity contribution in [2.24, 2.45) is 0 Å². The van der Waals surface area contributed by atoms with Crippen molar-refractivity contribution in [2.45, 2.75) is 26.2 Å². The quantitative estimate of drug-likeness (QED) is 0.793. The number of carboxylic acids is 1. The van der Waals surface area contributed by atoms with E-state index in [0.29, 0.717) is 10.8 Å². The average Bonchev–Trinajstić information content (AvgIpc) is 2.34. The maximum absolute atomic E-state index is 10.8. The largest absolute Gasteiger partial charge is 0.495 e. The van der Waals surface area contributed by atoms with Gasteiger partial charge in [-0.15, -0.1) is 0 Å². The molecule has 0 fully saturated rings. The molecule has 1 N–H and O–H groups in total. The number of ether oxygens (including phenoxy) is 1. The van der Waals surface area contributed by atoms with E-state index in [1.807, 2.05) is 6.07 Å². The topological polar surface area (TPSA) is 46.5 Å². The van der Waals surface area contributed by atoms with Gasteiger partial charge in [0.2, 0.25) is 0 Å². The van der Waals surface area contributed by atoms with Crippen LogP contribution in [0.25, 0.3) is 5.57 Å². The molecule has 0 aromatic heterocycles. The van der Waals surface area contributed by atoms with Crippen molar-refractivity contribution in [3.05, 3.63) is 34.9 Å². The van der Waals surface area contributed by atoms with Crippen LogP contribution in [0.5, 0.6) is 5.75 Å². The Balaban J connectivity index is 3.05. The molecule has 0 aliphatic carbocycles. The number of halogens is 1. The van der Waals surface area contributed by atoms with Crippen LogP contribution in [0.15, 0.2) is 24.3 Å². The second kappa shape index (κ2) is 7.07. The molecule has 1 aromatic rings. The van der Waals surface area contributed by atoms with Crippen LogP contribution in [0, 0.1) is 0 Å². The van der Waals surface area contributed by atoms with Gasteiger partial charge < -0.3 is 9.84 Å². The summed E-state index contributed by atoms with van der Waals surface area (Å²) in [5.74, 6) is -0.348. The highest BCUT2D eigenvalue weighted by atomic mass is 35.5. The number of methoxy groups -OCH3 is 1. The molecule has 1 aromatic carbocycles.